The number of nitrogens with one attached hydrogen (secondary N) is 1. The van der Waals surface area contributed by atoms with E-state index in [9.17, 15) is 8.42 Å². The number of hydrogen-bond donors (Lipinski definition) is 1. The summed E-state index contributed by atoms with van der Waals surface area (Å²) in [5.41, 5.74) is 2.29. The highest BCUT2D eigenvalue weighted by Crippen LogP contribution is 2.32. The molecule has 2 heterocycles. The van der Waals surface area contributed by atoms with Crippen LogP contribution in [0.25, 0.3) is 10.9 Å². The fourth-order valence-electron chi connectivity index (χ4n) is 3.31. The first-order chi connectivity index (χ1) is 11.0. The number of benzene rings is 1. The van der Waals surface area contributed by atoms with E-state index in [1.165, 1.54) is 5.69 Å². The van der Waals surface area contributed by atoms with E-state index < -0.39 is 10.0 Å². The van der Waals surface area contributed by atoms with Crippen molar-refractivity contribution in [1.29, 1.82) is 0 Å². The zero-order valence-electron chi connectivity index (χ0n) is 13.7. The predicted molar refractivity (Wildman–Crippen MR) is 92.5 cm³/mol. The summed E-state index contributed by atoms with van der Waals surface area (Å²) < 4.78 is 31.2. The topological polar surface area (TPSA) is 62.4 Å². The fourth-order valence-corrected chi connectivity index (χ4v) is 4.85. The van der Waals surface area contributed by atoms with Crippen LogP contribution >= 0.6 is 0 Å². The molecule has 0 radical (unpaired) electrons. The van der Waals surface area contributed by atoms with Gasteiger partial charge in [0.1, 0.15) is 5.75 Å². The van der Waals surface area contributed by atoms with Crippen LogP contribution in [0.2, 0.25) is 0 Å². The van der Waals surface area contributed by atoms with Gasteiger partial charge in [0, 0.05) is 35.6 Å². The van der Waals surface area contributed by atoms with E-state index in [4.69, 9.17) is 4.74 Å². The lowest BCUT2D eigenvalue weighted by atomic mass is 9.95. The minimum absolute atomic E-state index is 0.254. The van der Waals surface area contributed by atoms with Gasteiger partial charge in [-0.2, -0.15) is 0 Å². The number of H-pyrrole nitrogens is 1. The number of sulfonamides is 1. The van der Waals surface area contributed by atoms with Gasteiger partial charge in [-0.05, 0) is 43.5 Å². The van der Waals surface area contributed by atoms with Gasteiger partial charge >= 0.3 is 0 Å². The third kappa shape index (κ3) is 3.38. The molecule has 3 rings (SSSR count). The smallest absolute Gasteiger partial charge is 0.214 e. The number of piperidine rings is 1. The van der Waals surface area contributed by atoms with Crippen molar-refractivity contribution in [1.82, 2.24) is 9.29 Å². The van der Waals surface area contributed by atoms with Crippen LogP contribution in [-0.2, 0) is 10.0 Å². The molecular formula is C17H24N2O3S. The van der Waals surface area contributed by atoms with Crippen molar-refractivity contribution in [2.24, 2.45) is 0 Å². The van der Waals surface area contributed by atoms with Crippen LogP contribution in [-0.4, -0.2) is 43.7 Å². The first-order valence-electron chi connectivity index (χ1n) is 8.18. The molecule has 0 aliphatic carbocycles. The summed E-state index contributed by atoms with van der Waals surface area (Å²) in [4.78, 5) is 3.47. The van der Waals surface area contributed by atoms with E-state index in [1.807, 2.05) is 25.1 Å². The maximum Gasteiger partial charge on any atom is 0.214 e. The van der Waals surface area contributed by atoms with Gasteiger partial charge in [-0.3, -0.25) is 0 Å². The molecule has 1 fully saturated rings. The van der Waals surface area contributed by atoms with Crippen molar-refractivity contribution in [3.63, 3.8) is 0 Å². The first-order valence-corrected chi connectivity index (χ1v) is 9.79. The molecule has 23 heavy (non-hydrogen) atoms. The molecule has 0 bridgehead atoms. The standard InChI is InChI=1S/C17H24N2O3S/c1-3-10-23(20,21)19-8-6-13(7-9-19)17-12-14-11-15(22-2)4-5-16(14)18-17/h4-5,11-13,18H,3,6-10H2,1-2H3. The summed E-state index contributed by atoms with van der Waals surface area (Å²) in [5, 5.41) is 1.14. The molecule has 6 heteroatoms. The van der Waals surface area contributed by atoms with Gasteiger partial charge in [-0.15, -0.1) is 0 Å². The second-order valence-corrected chi connectivity index (χ2v) is 8.26. The summed E-state index contributed by atoms with van der Waals surface area (Å²) in [6.45, 7) is 3.14. The molecule has 0 spiro atoms. The molecule has 0 saturated carbocycles. The van der Waals surface area contributed by atoms with Crippen molar-refractivity contribution in [2.45, 2.75) is 32.1 Å². The molecule has 126 valence electrons. The number of aromatic amines is 1. The summed E-state index contributed by atoms with van der Waals surface area (Å²) in [7, 11) is -1.40. The second kappa shape index (κ2) is 6.53. The van der Waals surface area contributed by atoms with Crippen LogP contribution in [0.5, 0.6) is 5.75 Å². The molecule has 0 amide bonds. The summed E-state index contributed by atoms with van der Waals surface area (Å²) in [5.74, 6) is 1.49. The number of ether oxygens (including phenoxy) is 1. The predicted octanol–water partition coefficient (Wildman–Crippen LogP) is 3.10. The molecule has 0 unspecified atom stereocenters. The largest absolute Gasteiger partial charge is 0.497 e. The average molecular weight is 336 g/mol. The molecule has 5 nitrogen and oxygen atoms in total. The van der Waals surface area contributed by atoms with Gasteiger partial charge in [0.2, 0.25) is 10.0 Å². The van der Waals surface area contributed by atoms with Crippen LogP contribution < -0.4 is 4.74 Å². The first kappa shape index (κ1) is 16.3. The maximum absolute atomic E-state index is 12.1. The highest BCUT2D eigenvalue weighted by atomic mass is 32.2. The third-order valence-electron chi connectivity index (χ3n) is 4.60. The molecule has 1 aliphatic rings. The zero-order valence-corrected chi connectivity index (χ0v) is 14.5. The number of aromatic nitrogens is 1. The SMILES string of the molecule is CCCS(=O)(=O)N1CCC(c2cc3cc(OC)ccc3[nH]2)CC1. The van der Waals surface area contributed by atoms with Gasteiger partial charge in [0.15, 0.2) is 0 Å². The quantitative estimate of drug-likeness (QED) is 0.912. The van der Waals surface area contributed by atoms with Crippen molar-refractivity contribution < 1.29 is 13.2 Å². The Morgan fingerprint density at radius 3 is 2.65 bits per heavy atom. The Bertz CT molecular complexity index is 774. The summed E-state index contributed by atoms with van der Waals surface area (Å²) in [6.07, 6.45) is 2.41. The minimum atomic E-state index is -3.07. The van der Waals surface area contributed by atoms with E-state index in [1.54, 1.807) is 11.4 Å². The van der Waals surface area contributed by atoms with Gasteiger partial charge in [-0.1, -0.05) is 6.92 Å². The lowest BCUT2D eigenvalue weighted by molar-refractivity contribution is 0.317. The zero-order chi connectivity index (χ0) is 16.4. The van der Waals surface area contributed by atoms with Crippen LogP contribution in [0.4, 0.5) is 0 Å². The summed E-state index contributed by atoms with van der Waals surface area (Å²) >= 11 is 0. The lowest BCUT2D eigenvalue weighted by Crippen LogP contribution is -2.39. The molecule has 1 N–H and O–H groups in total. The Morgan fingerprint density at radius 2 is 2.00 bits per heavy atom. The third-order valence-corrected chi connectivity index (χ3v) is 6.67. The number of nitrogens with zero attached hydrogens (tertiary/aromatic N) is 1. The number of hydrogen-bond acceptors (Lipinski definition) is 3. The highest BCUT2D eigenvalue weighted by molar-refractivity contribution is 7.89. The van der Waals surface area contributed by atoms with E-state index in [-0.39, 0.29) is 5.75 Å². The molecular weight excluding hydrogens is 312 g/mol. The Hall–Kier alpha value is -1.53. The molecule has 2 aromatic rings. The molecule has 1 saturated heterocycles. The monoisotopic (exact) mass is 336 g/mol. The molecule has 1 aromatic carbocycles. The maximum atomic E-state index is 12.1. The van der Waals surface area contributed by atoms with Crippen molar-refractivity contribution >= 4 is 20.9 Å². The molecule has 0 atom stereocenters. The number of methoxy groups -OCH3 is 1. The van der Waals surface area contributed by atoms with Gasteiger partial charge in [0.05, 0.1) is 12.9 Å². The molecule has 1 aliphatic heterocycles. The number of rotatable bonds is 5. The van der Waals surface area contributed by atoms with E-state index in [2.05, 4.69) is 11.1 Å². The van der Waals surface area contributed by atoms with E-state index in [0.29, 0.717) is 25.4 Å². The Labute approximate surface area is 137 Å². The average Bonchev–Trinajstić information content (AvgIpc) is 2.98. The van der Waals surface area contributed by atoms with Crippen LogP contribution in [0.15, 0.2) is 24.3 Å². The Morgan fingerprint density at radius 1 is 1.26 bits per heavy atom. The normalized spacial score (nSPS) is 17.7. The lowest BCUT2D eigenvalue weighted by Gasteiger charge is -2.30. The van der Waals surface area contributed by atoms with Crippen LogP contribution in [0.3, 0.4) is 0 Å². The fraction of sp³-hybridized carbons (Fsp3) is 0.529. The molecule has 1 aromatic heterocycles. The number of fused-ring (bicyclic) bond motifs is 1. The van der Waals surface area contributed by atoms with Crippen molar-refractivity contribution in [3.8, 4) is 5.75 Å². The van der Waals surface area contributed by atoms with E-state index >= 15 is 0 Å². The van der Waals surface area contributed by atoms with E-state index in [0.717, 1.165) is 29.5 Å². The van der Waals surface area contributed by atoms with Crippen LogP contribution in [0, 0.1) is 0 Å². The Kier molecular flexibility index (Phi) is 4.64. The van der Waals surface area contributed by atoms with Gasteiger partial charge in [0.25, 0.3) is 0 Å². The van der Waals surface area contributed by atoms with Gasteiger partial charge in [-0.25, -0.2) is 12.7 Å². The van der Waals surface area contributed by atoms with Crippen molar-refractivity contribution in [2.75, 3.05) is 26.0 Å². The van der Waals surface area contributed by atoms with Crippen LogP contribution in [0.1, 0.15) is 37.8 Å². The highest BCUT2D eigenvalue weighted by Gasteiger charge is 2.28. The second-order valence-electron chi connectivity index (χ2n) is 6.17. The van der Waals surface area contributed by atoms with Gasteiger partial charge < -0.3 is 9.72 Å². The summed E-state index contributed by atoms with van der Waals surface area (Å²) in [6, 6.07) is 8.16. The van der Waals surface area contributed by atoms with Crippen molar-refractivity contribution in [3.05, 3.63) is 30.0 Å². The minimum Gasteiger partial charge on any atom is -0.497 e. The Balaban J connectivity index is 1.72.